The largest absolute Gasteiger partial charge is 2.00 e. The SMILES string of the molecule is Cc1cc(C)c(N2CCN(c3ccccc3Oc3ccccc3)C2=[N-])c(C)c1.[CH2-]c1ccccc1.[Zr+2]. The Morgan fingerprint density at radius 3 is 1.83 bits per heavy atom. The number of rotatable bonds is 4. The third-order valence-corrected chi connectivity index (χ3v) is 5.91. The van der Waals surface area contributed by atoms with Gasteiger partial charge >= 0.3 is 26.2 Å². The summed E-state index contributed by atoms with van der Waals surface area (Å²) in [5.74, 6) is 1.73. The maximum Gasteiger partial charge on any atom is 2.00 e. The van der Waals surface area contributed by atoms with Gasteiger partial charge in [0.05, 0.1) is 0 Å². The van der Waals surface area contributed by atoms with Gasteiger partial charge in [0.15, 0.2) is 0 Å². The van der Waals surface area contributed by atoms with Gasteiger partial charge in [-0.15, -0.1) is 12.1 Å². The molecule has 4 aromatic carbocycles. The van der Waals surface area contributed by atoms with Gasteiger partial charge in [-0.1, -0.05) is 54.1 Å². The normalized spacial score (nSPS) is 12.5. The maximum absolute atomic E-state index is 11.1. The number of para-hydroxylation sites is 3. The molecule has 4 nitrogen and oxygen atoms in total. The second-order valence-corrected chi connectivity index (χ2v) is 8.72. The first-order chi connectivity index (χ1) is 16.9. The molecule has 5 heteroatoms. The molecule has 1 fully saturated rings. The summed E-state index contributed by atoms with van der Waals surface area (Å²) in [7, 11) is 0. The smallest absolute Gasteiger partial charge is 0.457 e. The Morgan fingerprint density at radius 1 is 0.722 bits per heavy atom. The fourth-order valence-corrected chi connectivity index (χ4v) is 4.44. The number of nitrogens with zero attached hydrogens (tertiary/aromatic N) is 3. The van der Waals surface area contributed by atoms with E-state index in [4.69, 9.17) is 4.74 Å². The molecule has 1 heterocycles. The Bertz CT molecular complexity index is 1270. The first-order valence-corrected chi connectivity index (χ1v) is 11.8. The molecule has 0 bridgehead atoms. The van der Waals surface area contributed by atoms with Gasteiger partial charge < -0.3 is 19.9 Å². The average molecular weight is 553 g/mol. The van der Waals surface area contributed by atoms with E-state index in [1.807, 2.05) is 94.7 Å². The van der Waals surface area contributed by atoms with Crippen molar-refractivity contribution in [3.63, 3.8) is 0 Å². The van der Waals surface area contributed by atoms with Crippen LogP contribution in [0, 0.1) is 27.7 Å². The molecule has 0 spiro atoms. The van der Waals surface area contributed by atoms with Crippen molar-refractivity contribution in [3.05, 3.63) is 132 Å². The third kappa shape index (κ3) is 6.47. The van der Waals surface area contributed by atoms with Gasteiger partial charge in [-0.3, -0.25) is 0 Å². The van der Waals surface area contributed by atoms with E-state index >= 15 is 0 Å². The molecule has 1 aliphatic rings. The summed E-state index contributed by atoms with van der Waals surface area (Å²) in [4.78, 5) is 3.90. The summed E-state index contributed by atoms with van der Waals surface area (Å²) in [5, 5.41) is 11.1. The van der Waals surface area contributed by atoms with Crippen LogP contribution in [-0.4, -0.2) is 19.0 Å². The van der Waals surface area contributed by atoms with Crippen LogP contribution < -0.4 is 14.5 Å². The molecule has 0 aromatic heterocycles. The predicted octanol–water partition coefficient (Wildman–Crippen LogP) is 7.52. The Morgan fingerprint density at radius 2 is 1.25 bits per heavy atom. The van der Waals surface area contributed by atoms with E-state index < -0.39 is 0 Å². The van der Waals surface area contributed by atoms with E-state index in [1.54, 1.807) is 0 Å². The van der Waals surface area contributed by atoms with Crippen molar-refractivity contribution in [3.8, 4) is 11.5 Å². The number of ether oxygens (including phenoxy) is 1. The zero-order valence-corrected chi connectivity index (χ0v) is 23.6. The predicted molar refractivity (Wildman–Crippen MR) is 148 cm³/mol. The molecule has 0 amide bonds. The third-order valence-electron chi connectivity index (χ3n) is 5.91. The van der Waals surface area contributed by atoms with E-state index in [0.29, 0.717) is 6.54 Å². The molecular weight excluding hydrogens is 522 g/mol. The van der Waals surface area contributed by atoms with Crippen LogP contribution in [0.5, 0.6) is 11.5 Å². The molecule has 0 saturated carbocycles. The summed E-state index contributed by atoms with van der Waals surface area (Å²) >= 11 is 0. The summed E-state index contributed by atoms with van der Waals surface area (Å²) in [6.45, 7) is 11.4. The van der Waals surface area contributed by atoms with Crippen molar-refractivity contribution in [2.75, 3.05) is 22.9 Å². The van der Waals surface area contributed by atoms with Crippen LogP contribution in [-0.2, 0) is 26.2 Å². The molecule has 0 aliphatic carbocycles. The standard InChI is InChI=1S/C24H24N3O.C7H7.Zr/c1-17-15-18(2)23(19(3)16-17)27-14-13-26(24(27)25)21-11-7-8-12-22(21)28-20-9-5-4-6-10-20;1-7-5-3-2-4-6-7;/h4-12,15-16H,13-14H2,1-3H3;2-6H,1H2;/q2*-1;+2. The monoisotopic (exact) mass is 551 g/mol. The van der Waals surface area contributed by atoms with Crippen molar-refractivity contribution >= 4 is 17.3 Å². The Balaban J connectivity index is 0.000000391. The molecule has 0 radical (unpaired) electrons. The minimum Gasteiger partial charge on any atom is -0.457 e. The Labute approximate surface area is 234 Å². The van der Waals surface area contributed by atoms with E-state index in [-0.39, 0.29) is 32.2 Å². The van der Waals surface area contributed by atoms with Crippen LogP contribution in [0.25, 0.3) is 5.41 Å². The minimum absolute atomic E-state index is 0. The Hall–Kier alpha value is -3.30. The topological polar surface area (TPSA) is 38.0 Å². The molecular formula is C31H31N3OZr. The van der Waals surface area contributed by atoms with Crippen LogP contribution in [0.1, 0.15) is 22.3 Å². The minimum atomic E-state index is 0. The first kappa shape index (κ1) is 27.3. The van der Waals surface area contributed by atoms with Crippen LogP contribution >= 0.6 is 0 Å². The van der Waals surface area contributed by atoms with Crippen molar-refractivity contribution in [1.29, 1.82) is 0 Å². The van der Waals surface area contributed by atoms with E-state index in [1.165, 1.54) is 16.7 Å². The molecule has 4 aromatic rings. The quantitative estimate of drug-likeness (QED) is 0.246. The molecule has 0 atom stereocenters. The van der Waals surface area contributed by atoms with Crippen LogP contribution in [0.4, 0.5) is 11.4 Å². The maximum atomic E-state index is 11.1. The van der Waals surface area contributed by atoms with Gasteiger partial charge in [0.2, 0.25) is 0 Å². The van der Waals surface area contributed by atoms with Gasteiger partial charge in [0.25, 0.3) is 0 Å². The number of anilines is 2. The van der Waals surface area contributed by atoms with E-state index in [9.17, 15) is 5.41 Å². The van der Waals surface area contributed by atoms with Crippen LogP contribution in [0.15, 0.2) is 97.1 Å². The number of guanidine groups is 1. The van der Waals surface area contributed by atoms with Gasteiger partial charge in [-0.25, -0.2) is 0 Å². The number of hydrogen-bond donors (Lipinski definition) is 0. The summed E-state index contributed by atoms with van der Waals surface area (Å²) in [5.41, 5.74) is 6.57. The molecule has 180 valence electrons. The number of benzene rings is 4. The average Bonchev–Trinajstić information content (AvgIpc) is 3.21. The fourth-order valence-electron chi connectivity index (χ4n) is 4.44. The molecule has 0 N–H and O–H groups in total. The Kier molecular flexibility index (Phi) is 9.55. The molecule has 1 saturated heterocycles. The van der Waals surface area contributed by atoms with E-state index in [0.717, 1.165) is 35.0 Å². The second kappa shape index (κ2) is 12.6. The zero-order valence-electron chi connectivity index (χ0n) is 21.1. The van der Waals surface area contributed by atoms with Crippen molar-refractivity contribution < 1.29 is 30.9 Å². The number of aryl methyl sites for hydroxylation is 3. The first-order valence-electron chi connectivity index (χ1n) is 11.8. The number of hydrogen-bond acceptors (Lipinski definition) is 1. The zero-order chi connectivity index (χ0) is 24.8. The summed E-state index contributed by atoms with van der Waals surface area (Å²) in [6, 6.07) is 31.7. The van der Waals surface area contributed by atoms with E-state index in [2.05, 4.69) is 39.8 Å². The van der Waals surface area contributed by atoms with Crippen molar-refractivity contribution in [2.45, 2.75) is 20.8 Å². The van der Waals surface area contributed by atoms with Gasteiger partial charge in [-0.2, -0.15) is 24.6 Å². The van der Waals surface area contributed by atoms with Crippen LogP contribution in [0.3, 0.4) is 0 Å². The van der Waals surface area contributed by atoms with Gasteiger partial charge in [-0.05, 0) is 74.9 Å². The second-order valence-electron chi connectivity index (χ2n) is 8.72. The van der Waals surface area contributed by atoms with Crippen molar-refractivity contribution in [2.24, 2.45) is 0 Å². The molecule has 36 heavy (non-hydrogen) atoms. The molecule has 5 rings (SSSR count). The van der Waals surface area contributed by atoms with Crippen molar-refractivity contribution in [1.82, 2.24) is 0 Å². The molecule has 1 aliphatic heterocycles. The fraction of sp³-hybridized carbons (Fsp3) is 0.161. The summed E-state index contributed by atoms with van der Waals surface area (Å²) < 4.78 is 6.09. The van der Waals surface area contributed by atoms with Gasteiger partial charge in [0, 0.05) is 11.6 Å². The van der Waals surface area contributed by atoms with Crippen LogP contribution in [0.2, 0.25) is 0 Å². The summed E-state index contributed by atoms with van der Waals surface area (Å²) in [6.07, 6.45) is 0. The van der Waals surface area contributed by atoms with Gasteiger partial charge in [0.1, 0.15) is 11.5 Å². The molecule has 0 unspecified atom stereocenters.